The highest BCUT2D eigenvalue weighted by Gasteiger charge is 2.19. The van der Waals surface area contributed by atoms with E-state index < -0.39 is 6.10 Å². The van der Waals surface area contributed by atoms with E-state index in [2.05, 4.69) is 45.1 Å². The van der Waals surface area contributed by atoms with Crippen molar-refractivity contribution in [1.29, 1.82) is 0 Å². The number of esters is 3. The van der Waals surface area contributed by atoms with Gasteiger partial charge in [0.2, 0.25) is 0 Å². The van der Waals surface area contributed by atoms with Gasteiger partial charge in [0.15, 0.2) is 6.10 Å². The molecule has 0 aliphatic heterocycles. The van der Waals surface area contributed by atoms with Crippen LogP contribution in [0.5, 0.6) is 0 Å². The van der Waals surface area contributed by atoms with Crippen LogP contribution in [0.1, 0.15) is 316 Å². The normalized spacial score (nSPS) is 12.1. The second-order valence-corrected chi connectivity index (χ2v) is 19.6. The van der Waals surface area contributed by atoms with Gasteiger partial charge in [-0.15, -0.1) is 0 Å². The molecule has 6 heteroatoms. The van der Waals surface area contributed by atoms with Crippen molar-refractivity contribution >= 4 is 17.9 Å². The molecule has 6 nitrogen and oxygen atoms in total. The second kappa shape index (κ2) is 54.5. The maximum Gasteiger partial charge on any atom is 0.306 e. The maximum atomic E-state index is 12.8. The van der Waals surface area contributed by atoms with E-state index in [4.69, 9.17) is 14.2 Å². The first kappa shape index (κ1) is 62.9. The molecule has 0 aliphatic rings. The molecule has 0 N–H and O–H groups in total. The van der Waals surface area contributed by atoms with Gasteiger partial charge in [0, 0.05) is 19.3 Å². The summed E-state index contributed by atoms with van der Waals surface area (Å²) < 4.78 is 16.8. The molecule has 0 saturated carbocycles. The highest BCUT2D eigenvalue weighted by atomic mass is 16.6. The summed E-state index contributed by atoms with van der Waals surface area (Å²) in [5, 5.41) is 0. The first-order chi connectivity index (χ1) is 32.0. The molecule has 0 aromatic rings. The Kier molecular flexibility index (Phi) is 52.7. The Labute approximate surface area is 404 Å². The number of carbonyl (C=O) groups excluding carboxylic acids is 3. The fourth-order valence-electron chi connectivity index (χ4n) is 8.59. The Morgan fingerprint density at radius 2 is 0.554 bits per heavy atom. The van der Waals surface area contributed by atoms with E-state index in [1.165, 1.54) is 212 Å². The lowest BCUT2D eigenvalue weighted by Gasteiger charge is -2.18. The van der Waals surface area contributed by atoms with Gasteiger partial charge in [-0.2, -0.15) is 0 Å². The monoisotopic (exact) mass is 915 g/mol. The Morgan fingerprint density at radius 1 is 0.308 bits per heavy atom. The van der Waals surface area contributed by atoms with Crippen LogP contribution in [-0.4, -0.2) is 37.2 Å². The molecule has 382 valence electrons. The minimum atomic E-state index is -0.766. The number of carbonyl (C=O) groups is 3. The predicted octanol–water partition coefficient (Wildman–Crippen LogP) is 19.1. The van der Waals surface area contributed by atoms with Gasteiger partial charge in [-0.3, -0.25) is 14.4 Å². The van der Waals surface area contributed by atoms with Gasteiger partial charge in [-0.05, 0) is 51.4 Å². The molecular weight excluding hydrogens is 805 g/mol. The summed E-state index contributed by atoms with van der Waals surface area (Å²) in [6.07, 6.45) is 63.4. The molecule has 1 atom stereocenters. The molecule has 0 fully saturated rings. The lowest BCUT2D eigenvalue weighted by Crippen LogP contribution is -2.30. The molecular formula is C59H110O6. The van der Waals surface area contributed by atoms with E-state index >= 15 is 0 Å². The highest BCUT2D eigenvalue weighted by Crippen LogP contribution is 2.17. The second-order valence-electron chi connectivity index (χ2n) is 19.6. The summed E-state index contributed by atoms with van der Waals surface area (Å²) in [4.78, 5) is 37.9. The zero-order chi connectivity index (χ0) is 47.2. The van der Waals surface area contributed by atoms with Crippen molar-refractivity contribution in [3.05, 3.63) is 24.3 Å². The van der Waals surface area contributed by atoms with Gasteiger partial charge in [0.25, 0.3) is 0 Å². The minimum absolute atomic E-state index is 0.0689. The largest absolute Gasteiger partial charge is 0.462 e. The summed E-state index contributed by atoms with van der Waals surface area (Å²) in [5.41, 5.74) is 0. The first-order valence-electron chi connectivity index (χ1n) is 28.8. The number of allylic oxidation sites excluding steroid dienone is 4. The van der Waals surface area contributed by atoms with E-state index in [0.29, 0.717) is 19.3 Å². The molecule has 0 spiro atoms. The molecule has 0 saturated heterocycles. The van der Waals surface area contributed by atoms with Crippen LogP contribution in [0.3, 0.4) is 0 Å². The van der Waals surface area contributed by atoms with Crippen LogP contribution in [0.15, 0.2) is 24.3 Å². The van der Waals surface area contributed by atoms with Gasteiger partial charge >= 0.3 is 17.9 Å². The third-order valence-corrected chi connectivity index (χ3v) is 13.0. The molecule has 0 heterocycles. The zero-order valence-corrected chi connectivity index (χ0v) is 43.8. The van der Waals surface area contributed by atoms with Crippen LogP contribution in [0.4, 0.5) is 0 Å². The standard InChI is InChI=1S/C59H110O6/c1-4-7-10-13-16-18-20-22-24-26-28-30-32-33-35-37-39-41-43-46-49-52-58(61)64-55-56(54-63-57(60)51-48-45-15-12-9-6-3)65-59(62)53-50-47-44-42-40-38-36-34-31-29-27-25-23-21-19-17-14-11-8-5-2/h20,22,26,28,56H,4-19,21,23-25,27,29-55H2,1-3H3/b22-20-,28-26-. The van der Waals surface area contributed by atoms with Gasteiger partial charge in [0.1, 0.15) is 13.2 Å². The predicted molar refractivity (Wildman–Crippen MR) is 279 cm³/mol. The summed E-state index contributed by atoms with van der Waals surface area (Å²) in [6, 6.07) is 0. The van der Waals surface area contributed by atoms with Crippen molar-refractivity contribution in [2.75, 3.05) is 13.2 Å². The topological polar surface area (TPSA) is 78.9 Å². The zero-order valence-electron chi connectivity index (χ0n) is 43.8. The van der Waals surface area contributed by atoms with Crippen LogP contribution in [0.2, 0.25) is 0 Å². The summed E-state index contributed by atoms with van der Waals surface area (Å²) in [5.74, 6) is -0.864. The summed E-state index contributed by atoms with van der Waals surface area (Å²) in [7, 11) is 0. The fourth-order valence-corrected chi connectivity index (χ4v) is 8.59. The van der Waals surface area contributed by atoms with Gasteiger partial charge in [0.05, 0.1) is 0 Å². The number of hydrogen-bond acceptors (Lipinski definition) is 6. The number of ether oxygens (including phenoxy) is 3. The van der Waals surface area contributed by atoms with Crippen molar-refractivity contribution in [2.24, 2.45) is 0 Å². The van der Waals surface area contributed by atoms with Crippen LogP contribution in [0.25, 0.3) is 0 Å². The van der Waals surface area contributed by atoms with Crippen LogP contribution in [-0.2, 0) is 28.6 Å². The van der Waals surface area contributed by atoms with Gasteiger partial charge in [-0.1, -0.05) is 270 Å². The number of rotatable bonds is 53. The number of unbranched alkanes of at least 4 members (excludes halogenated alkanes) is 38. The van der Waals surface area contributed by atoms with E-state index in [0.717, 1.165) is 64.2 Å². The SMILES string of the molecule is CCCCCCC/C=C\C/C=C\CCCCCCCCCCCC(=O)OCC(COC(=O)CCCCCCCC)OC(=O)CCCCCCCCCCCCCCCCCCCCCC. The van der Waals surface area contributed by atoms with E-state index in [-0.39, 0.29) is 31.1 Å². The average Bonchev–Trinajstić information content (AvgIpc) is 3.30. The molecule has 0 aliphatic carbocycles. The van der Waals surface area contributed by atoms with Crippen LogP contribution < -0.4 is 0 Å². The Hall–Kier alpha value is -2.11. The minimum Gasteiger partial charge on any atom is -0.462 e. The molecule has 0 amide bonds. The molecule has 0 aromatic heterocycles. The van der Waals surface area contributed by atoms with Crippen LogP contribution in [0, 0.1) is 0 Å². The highest BCUT2D eigenvalue weighted by molar-refractivity contribution is 5.71. The Bertz CT molecular complexity index is 1050. The van der Waals surface area contributed by atoms with Gasteiger partial charge in [-0.25, -0.2) is 0 Å². The number of hydrogen-bond donors (Lipinski definition) is 0. The summed E-state index contributed by atoms with van der Waals surface area (Å²) in [6.45, 7) is 6.61. The molecule has 0 radical (unpaired) electrons. The Morgan fingerprint density at radius 3 is 0.846 bits per heavy atom. The lowest BCUT2D eigenvalue weighted by molar-refractivity contribution is -0.167. The smallest absolute Gasteiger partial charge is 0.306 e. The molecule has 0 aromatic carbocycles. The third kappa shape index (κ3) is 52.7. The summed E-state index contributed by atoms with van der Waals surface area (Å²) >= 11 is 0. The molecule has 65 heavy (non-hydrogen) atoms. The first-order valence-corrected chi connectivity index (χ1v) is 28.8. The van der Waals surface area contributed by atoms with Crippen molar-refractivity contribution in [2.45, 2.75) is 322 Å². The third-order valence-electron chi connectivity index (χ3n) is 13.0. The Balaban J connectivity index is 4.11. The molecule has 1 unspecified atom stereocenters. The van der Waals surface area contributed by atoms with E-state index in [1.54, 1.807) is 0 Å². The molecule has 0 bridgehead atoms. The molecule has 0 rings (SSSR count). The quantitative estimate of drug-likeness (QED) is 0.0262. The van der Waals surface area contributed by atoms with Crippen LogP contribution >= 0.6 is 0 Å². The van der Waals surface area contributed by atoms with Crippen molar-refractivity contribution in [3.8, 4) is 0 Å². The maximum absolute atomic E-state index is 12.8. The van der Waals surface area contributed by atoms with Gasteiger partial charge < -0.3 is 14.2 Å². The average molecular weight is 916 g/mol. The van der Waals surface area contributed by atoms with Crippen molar-refractivity contribution in [3.63, 3.8) is 0 Å². The van der Waals surface area contributed by atoms with E-state index in [1.807, 2.05) is 0 Å². The lowest BCUT2D eigenvalue weighted by atomic mass is 10.0. The van der Waals surface area contributed by atoms with E-state index in [9.17, 15) is 14.4 Å². The van der Waals surface area contributed by atoms with Crippen molar-refractivity contribution < 1.29 is 28.6 Å². The van der Waals surface area contributed by atoms with Crippen molar-refractivity contribution in [1.82, 2.24) is 0 Å². The fraction of sp³-hybridized carbons (Fsp3) is 0.881.